The summed E-state index contributed by atoms with van der Waals surface area (Å²) in [6.07, 6.45) is 0. The highest BCUT2D eigenvalue weighted by Crippen LogP contribution is 2.27. The highest BCUT2D eigenvalue weighted by molar-refractivity contribution is 7.10. The number of morpholine rings is 1. The van der Waals surface area contributed by atoms with Crippen molar-refractivity contribution in [2.75, 3.05) is 38.2 Å². The van der Waals surface area contributed by atoms with E-state index in [9.17, 15) is 0 Å². The van der Waals surface area contributed by atoms with Crippen LogP contribution in [-0.4, -0.2) is 47.7 Å². The first-order valence-corrected chi connectivity index (χ1v) is 9.52. The van der Waals surface area contributed by atoms with Crippen molar-refractivity contribution in [1.29, 1.82) is 0 Å². The second-order valence-electron chi connectivity index (χ2n) is 6.21. The first-order valence-electron chi connectivity index (χ1n) is 8.64. The van der Waals surface area contributed by atoms with E-state index in [0.29, 0.717) is 6.04 Å². The van der Waals surface area contributed by atoms with Crippen molar-refractivity contribution in [3.8, 4) is 0 Å². The number of nitrogens with zero attached hydrogens (tertiary/aromatic N) is 3. The zero-order valence-corrected chi connectivity index (χ0v) is 15.1. The molecule has 3 heterocycles. The number of benzene rings is 1. The summed E-state index contributed by atoms with van der Waals surface area (Å²) < 4.78 is 5.52. The zero-order valence-electron chi connectivity index (χ0n) is 14.3. The first kappa shape index (κ1) is 16.4. The summed E-state index contributed by atoms with van der Waals surface area (Å²) in [7, 11) is 0. The van der Waals surface area contributed by atoms with E-state index in [1.807, 2.05) is 42.5 Å². The molecule has 1 atom stereocenters. The second kappa shape index (κ2) is 7.47. The van der Waals surface area contributed by atoms with E-state index < -0.39 is 0 Å². The van der Waals surface area contributed by atoms with Crippen LogP contribution in [0.15, 0.2) is 41.8 Å². The second-order valence-corrected chi connectivity index (χ2v) is 7.19. The summed E-state index contributed by atoms with van der Waals surface area (Å²) in [5, 5.41) is 5.68. The van der Waals surface area contributed by atoms with Crippen LogP contribution < -0.4 is 5.32 Å². The molecule has 0 aliphatic carbocycles. The summed E-state index contributed by atoms with van der Waals surface area (Å²) in [5.74, 6) is 0.869. The van der Waals surface area contributed by atoms with Gasteiger partial charge in [0.05, 0.1) is 36.0 Å². The minimum atomic E-state index is 0.330. The van der Waals surface area contributed by atoms with Crippen LogP contribution in [0.1, 0.15) is 16.6 Å². The lowest BCUT2D eigenvalue weighted by Crippen LogP contribution is -2.41. The van der Waals surface area contributed by atoms with E-state index >= 15 is 0 Å². The Balaban J connectivity index is 1.55. The van der Waals surface area contributed by atoms with Gasteiger partial charge in [-0.3, -0.25) is 4.90 Å². The molecule has 0 bridgehead atoms. The predicted octanol–water partition coefficient (Wildman–Crippen LogP) is 3.49. The number of hydrogen-bond acceptors (Lipinski definition) is 6. The molecule has 130 valence electrons. The van der Waals surface area contributed by atoms with Crippen molar-refractivity contribution in [3.63, 3.8) is 0 Å². The summed E-state index contributed by atoms with van der Waals surface area (Å²) in [6, 6.07) is 12.7. The van der Waals surface area contributed by atoms with Crippen molar-refractivity contribution in [2.24, 2.45) is 0 Å². The van der Waals surface area contributed by atoms with Gasteiger partial charge in [-0.15, -0.1) is 11.3 Å². The Morgan fingerprint density at radius 1 is 1.12 bits per heavy atom. The van der Waals surface area contributed by atoms with Crippen LogP contribution in [0.4, 0.5) is 5.82 Å². The number of rotatable bonds is 5. The molecule has 5 nitrogen and oxygen atoms in total. The lowest BCUT2D eigenvalue weighted by molar-refractivity contribution is 0.0194. The standard InChI is InChI=1S/C19H22N4OS/c1-14-19(22-16-6-3-2-5-15(16)21-14)20-13-17(18-7-4-12-25-18)23-8-10-24-11-9-23/h2-7,12,17H,8-11,13H2,1H3,(H,20,22). The average molecular weight is 354 g/mol. The van der Waals surface area contributed by atoms with Crippen LogP contribution >= 0.6 is 11.3 Å². The minimum Gasteiger partial charge on any atom is -0.379 e. The molecule has 0 saturated carbocycles. The van der Waals surface area contributed by atoms with Crippen molar-refractivity contribution in [3.05, 3.63) is 52.3 Å². The fourth-order valence-corrected chi connectivity index (χ4v) is 4.09. The molecule has 6 heteroatoms. The van der Waals surface area contributed by atoms with Crippen LogP contribution in [0.25, 0.3) is 11.0 Å². The highest BCUT2D eigenvalue weighted by Gasteiger charge is 2.23. The van der Waals surface area contributed by atoms with E-state index in [1.54, 1.807) is 0 Å². The summed E-state index contributed by atoms with van der Waals surface area (Å²) >= 11 is 1.81. The average Bonchev–Trinajstić information content (AvgIpc) is 3.17. The Hall–Kier alpha value is -2.02. The molecule has 1 N–H and O–H groups in total. The molecule has 25 heavy (non-hydrogen) atoms. The van der Waals surface area contributed by atoms with Gasteiger partial charge in [0.15, 0.2) is 0 Å². The number of fused-ring (bicyclic) bond motifs is 1. The fraction of sp³-hybridized carbons (Fsp3) is 0.368. The smallest absolute Gasteiger partial charge is 0.148 e. The lowest BCUT2D eigenvalue weighted by Gasteiger charge is -2.34. The van der Waals surface area contributed by atoms with Gasteiger partial charge in [-0.2, -0.15) is 0 Å². The molecule has 3 aromatic rings. The van der Waals surface area contributed by atoms with E-state index in [4.69, 9.17) is 9.72 Å². The lowest BCUT2D eigenvalue weighted by atomic mass is 10.2. The number of aryl methyl sites for hydroxylation is 1. The molecule has 0 spiro atoms. The minimum absolute atomic E-state index is 0.330. The van der Waals surface area contributed by atoms with Gasteiger partial charge in [-0.05, 0) is 30.5 Å². The van der Waals surface area contributed by atoms with Gasteiger partial charge in [0, 0.05) is 24.5 Å². The monoisotopic (exact) mass is 354 g/mol. The third kappa shape index (κ3) is 3.66. The maximum absolute atomic E-state index is 5.52. The molecular weight excluding hydrogens is 332 g/mol. The maximum Gasteiger partial charge on any atom is 0.148 e. The third-order valence-electron chi connectivity index (χ3n) is 4.57. The van der Waals surface area contributed by atoms with E-state index in [1.165, 1.54) is 4.88 Å². The number of anilines is 1. The molecule has 1 fully saturated rings. The van der Waals surface area contributed by atoms with Crippen molar-refractivity contribution < 1.29 is 4.74 Å². The molecule has 1 unspecified atom stereocenters. The van der Waals surface area contributed by atoms with Gasteiger partial charge < -0.3 is 10.1 Å². The van der Waals surface area contributed by atoms with Crippen LogP contribution in [0.3, 0.4) is 0 Å². The Kier molecular flexibility index (Phi) is 4.92. The molecule has 1 aliphatic heterocycles. The number of nitrogens with one attached hydrogen (secondary N) is 1. The van der Waals surface area contributed by atoms with Gasteiger partial charge in [-0.25, -0.2) is 9.97 Å². The van der Waals surface area contributed by atoms with Gasteiger partial charge >= 0.3 is 0 Å². The topological polar surface area (TPSA) is 50.3 Å². The Bertz CT molecular complexity index is 831. The highest BCUT2D eigenvalue weighted by atomic mass is 32.1. The van der Waals surface area contributed by atoms with Gasteiger partial charge in [0.2, 0.25) is 0 Å². The molecule has 2 aromatic heterocycles. The molecule has 0 amide bonds. The van der Waals surface area contributed by atoms with Gasteiger partial charge in [0.25, 0.3) is 0 Å². The summed E-state index contributed by atoms with van der Waals surface area (Å²) in [6.45, 7) is 6.36. The predicted molar refractivity (Wildman–Crippen MR) is 102 cm³/mol. The number of aromatic nitrogens is 2. The van der Waals surface area contributed by atoms with E-state index in [-0.39, 0.29) is 0 Å². The van der Waals surface area contributed by atoms with E-state index in [2.05, 4.69) is 32.7 Å². The molecule has 1 saturated heterocycles. The summed E-state index contributed by atoms with van der Waals surface area (Å²) in [4.78, 5) is 13.3. The molecular formula is C19H22N4OS. The van der Waals surface area contributed by atoms with Crippen LogP contribution in [0.2, 0.25) is 0 Å². The Morgan fingerprint density at radius 3 is 2.60 bits per heavy atom. The number of ether oxygens (including phenoxy) is 1. The van der Waals surface area contributed by atoms with Crippen molar-refractivity contribution >= 4 is 28.2 Å². The fourth-order valence-electron chi connectivity index (χ4n) is 3.23. The van der Waals surface area contributed by atoms with Crippen LogP contribution in [0.5, 0.6) is 0 Å². The summed E-state index contributed by atoms with van der Waals surface area (Å²) in [5.41, 5.74) is 2.80. The van der Waals surface area contributed by atoms with E-state index in [0.717, 1.165) is 55.4 Å². The van der Waals surface area contributed by atoms with Crippen molar-refractivity contribution in [2.45, 2.75) is 13.0 Å². The first-order chi connectivity index (χ1) is 12.3. The Labute approximate surface area is 151 Å². The molecule has 4 rings (SSSR count). The molecule has 1 aliphatic rings. The van der Waals surface area contributed by atoms with Crippen LogP contribution in [0, 0.1) is 6.92 Å². The van der Waals surface area contributed by atoms with Gasteiger partial charge in [-0.1, -0.05) is 18.2 Å². The normalized spacial score (nSPS) is 16.8. The molecule has 1 aromatic carbocycles. The third-order valence-corrected chi connectivity index (χ3v) is 5.54. The zero-order chi connectivity index (χ0) is 17.1. The van der Waals surface area contributed by atoms with Gasteiger partial charge in [0.1, 0.15) is 5.82 Å². The number of thiophene rings is 1. The maximum atomic E-state index is 5.52. The molecule has 0 radical (unpaired) electrons. The SMILES string of the molecule is Cc1nc2ccccc2nc1NCC(c1cccs1)N1CCOCC1. The number of para-hydroxylation sites is 2. The van der Waals surface area contributed by atoms with Crippen molar-refractivity contribution in [1.82, 2.24) is 14.9 Å². The Morgan fingerprint density at radius 2 is 1.88 bits per heavy atom. The largest absolute Gasteiger partial charge is 0.379 e. The van der Waals surface area contributed by atoms with Crippen LogP contribution in [-0.2, 0) is 4.74 Å². The number of hydrogen-bond donors (Lipinski definition) is 1. The quantitative estimate of drug-likeness (QED) is 0.760.